The predicted octanol–water partition coefficient (Wildman–Crippen LogP) is 5.06. The van der Waals surface area contributed by atoms with Crippen molar-refractivity contribution < 1.29 is 19.1 Å². The van der Waals surface area contributed by atoms with Gasteiger partial charge in [0.05, 0.1) is 6.61 Å². The van der Waals surface area contributed by atoms with Gasteiger partial charge in [0.15, 0.2) is 0 Å². The Kier molecular flexibility index (Phi) is 10.7. The van der Waals surface area contributed by atoms with Crippen molar-refractivity contribution in [1.29, 1.82) is 0 Å². The molecule has 0 aliphatic carbocycles. The van der Waals surface area contributed by atoms with Gasteiger partial charge >= 0.3 is 0 Å². The van der Waals surface area contributed by atoms with Gasteiger partial charge in [-0.15, -0.1) is 0 Å². The molecule has 2 amide bonds. The van der Waals surface area contributed by atoms with E-state index >= 15 is 0 Å². The number of fused-ring (bicyclic) bond motifs is 1. The number of nitrogens with zero attached hydrogens (tertiary/aromatic N) is 2. The van der Waals surface area contributed by atoms with E-state index in [1.54, 1.807) is 14.0 Å². The van der Waals surface area contributed by atoms with Gasteiger partial charge in [-0.1, -0.05) is 43.5 Å². The van der Waals surface area contributed by atoms with Gasteiger partial charge in [-0.2, -0.15) is 0 Å². The highest BCUT2D eigenvalue weighted by molar-refractivity contribution is 5.97. The molecule has 1 N–H and O–H groups in total. The van der Waals surface area contributed by atoms with E-state index in [-0.39, 0.29) is 11.8 Å². The van der Waals surface area contributed by atoms with Gasteiger partial charge in [0.1, 0.15) is 0 Å². The number of carbonyl (C=O) groups is 2. The number of benzene rings is 2. The van der Waals surface area contributed by atoms with E-state index in [4.69, 9.17) is 9.47 Å². The maximum absolute atomic E-state index is 13.3. The number of anilines is 1. The Labute approximate surface area is 227 Å². The van der Waals surface area contributed by atoms with E-state index in [1.165, 1.54) is 19.3 Å². The summed E-state index contributed by atoms with van der Waals surface area (Å²) in [6, 6.07) is 14.3. The Morgan fingerprint density at radius 2 is 1.68 bits per heavy atom. The van der Waals surface area contributed by atoms with E-state index in [9.17, 15) is 9.59 Å². The van der Waals surface area contributed by atoms with Crippen LogP contribution in [-0.2, 0) is 34.0 Å². The molecule has 0 spiro atoms. The van der Waals surface area contributed by atoms with Gasteiger partial charge in [0.2, 0.25) is 5.91 Å². The fraction of sp³-hybridized carbons (Fsp3) is 0.548. The van der Waals surface area contributed by atoms with Crippen LogP contribution in [0.3, 0.4) is 0 Å². The molecule has 2 aliphatic rings. The van der Waals surface area contributed by atoms with Crippen molar-refractivity contribution in [2.45, 2.75) is 77.6 Å². The molecular formula is C31H43N3O4. The minimum Gasteiger partial charge on any atom is -0.381 e. The summed E-state index contributed by atoms with van der Waals surface area (Å²) in [4.78, 5) is 30.5. The molecule has 1 saturated heterocycles. The van der Waals surface area contributed by atoms with Crippen molar-refractivity contribution in [1.82, 2.24) is 10.2 Å². The minimum absolute atomic E-state index is 0.0490. The number of methoxy groups -OCH3 is 1. The Morgan fingerprint density at radius 1 is 0.974 bits per heavy atom. The van der Waals surface area contributed by atoms with E-state index in [2.05, 4.69) is 10.2 Å². The van der Waals surface area contributed by atoms with Gasteiger partial charge in [-0.3, -0.25) is 14.5 Å². The summed E-state index contributed by atoms with van der Waals surface area (Å²) < 4.78 is 11.0. The third kappa shape index (κ3) is 7.65. The van der Waals surface area contributed by atoms with Crippen LogP contribution in [0.5, 0.6) is 0 Å². The normalized spacial score (nSPS) is 18.2. The molecule has 2 aromatic carbocycles. The molecule has 2 heterocycles. The topological polar surface area (TPSA) is 71.1 Å². The first-order valence-corrected chi connectivity index (χ1v) is 14.1. The third-order valence-electron chi connectivity index (χ3n) is 7.78. The van der Waals surface area contributed by atoms with Crippen LogP contribution in [0.2, 0.25) is 0 Å². The van der Waals surface area contributed by atoms with Crippen LogP contribution >= 0.6 is 0 Å². The maximum atomic E-state index is 13.3. The summed E-state index contributed by atoms with van der Waals surface area (Å²) in [5.74, 6) is -0.0639. The maximum Gasteiger partial charge on any atom is 0.251 e. The van der Waals surface area contributed by atoms with Crippen LogP contribution in [0.25, 0.3) is 0 Å². The van der Waals surface area contributed by atoms with Crippen molar-refractivity contribution in [3.05, 3.63) is 64.7 Å². The first kappa shape index (κ1) is 28.3. The Bertz CT molecular complexity index is 1070. The van der Waals surface area contributed by atoms with Crippen molar-refractivity contribution in [3.63, 3.8) is 0 Å². The number of hydrogen-bond acceptors (Lipinski definition) is 5. The first-order valence-electron chi connectivity index (χ1n) is 14.1. The van der Waals surface area contributed by atoms with E-state index in [0.29, 0.717) is 31.3 Å². The summed E-state index contributed by atoms with van der Waals surface area (Å²) in [5.41, 5.74) is 4.70. The van der Waals surface area contributed by atoms with Gasteiger partial charge < -0.3 is 19.7 Å². The SMILES string of the molecule is COCc1ccccc1CNC(=O)c1ccc2c(c1)CN(C1CCOCC1)CCCCCCCN2C(C)=O. The van der Waals surface area contributed by atoms with Crippen molar-refractivity contribution in [2.24, 2.45) is 0 Å². The summed E-state index contributed by atoms with van der Waals surface area (Å²) >= 11 is 0. The van der Waals surface area contributed by atoms with Gasteiger partial charge in [-0.25, -0.2) is 0 Å². The second-order valence-electron chi connectivity index (χ2n) is 10.5. The Morgan fingerprint density at radius 3 is 2.42 bits per heavy atom. The fourth-order valence-corrected chi connectivity index (χ4v) is 5.64. The number of ether oxygens (including phenoxy) is 2. The zero-order valence-electron chi connectivity index (χ0n) is 23.0. The molecule has 0 radical (unpaired) electrons. The third-order valence-corrected chi connectivity index (χ3v) is 7.78. The van der Waals surface area contributed by atoms with Crippen molar-refractivity contribution in [2.75, 3.05) is 38.3 Å². The van der Waals surface area contributed by atoms with Gasteiger partial charge in [-0.05, 0) is 67.1 Å². The lowest BCUT2D eigenvalue weighted by atomic mass is 10.0. The van der Waals surface area contributed by atoms with E-state index in [1.807, 2.05) is 47.4 Å². The molecule has 206 valence electrons. The average molecular weight is 522 g/mol. The van der Waals surface area contributed by atoms with E-state index in [0.717, 1.165) is 74.4 Å². The fourth-order valence-electron chi connectivity index (χ4n) is 5.64. The summed E-state index contributed by atoms with van der Waals surface area (Å²) in [6.45, 7) is 6.63. The van der Waals surface area contributed by atoms with E-state index < -0.39 is 0 Å². The zero-order chi connectivity index (χ0) is 26.7. The molecule has 7 heteroatoms. The van der Waals surface area contributed by atoms with Crippen LogP contribution in [0.15, 0.2) is 42.5 Å². The molecule has 38 heavy (non-hydrogen) atoms. The molecule has 0 aromatic heterocycles. The highest BCUT2D eigenvalue weighted by Crippen LogP contribution is 2.28. The molecule has 4 rings (SSSR count). The zero-order valence-corrected chi connectivity index (χ0v) is 23.0. The average Bonchev–Trinajstić information content (AvgIpc) is 2.93. The number of rotatable bonds is 6. The first-order chi connectivity index (χ1) is 18.6. The van der Waals surface area contributed by atoms with Crippen LogP contribution in [-0.4, -0.2) is 56.2 Å². The quantitative estimate of drug-likeness (QED) is 0.575. The second-order valence-corrected chi connectivity index (χ2v) is 10.5. The summed E-state index contributed by atoms with van der Waals surface area (Å²) in [6.07, 6.45) is 7.74. The number of nitrogens with one attached hydrogen (secondary N) is 1. The second kappa shape index (κ2) is 14.4. The number of amides is 2. The minimum atomic E-state index is -0.113. The number of hydrogen-bond donors (Lipinski definition) is 1. The molecule has 1 fully saturated rings. The van der Waals surface area contributed by atoms with Crippen LogP contribution < -0.4 is 10.2 Å². The largest absolute Gasteiger partial charge is 0.381 e. The summed E-state index contributed by atoms with van der Waals surface area (Å²) in [5, 5.41) is 3.09. The molecule has 0 saturated carbocycles. The van der Waals surface area contributed by atoms with Crippen LogP contribution in [0.1, 0.15) is 78.9 Å². The number of carbonyl (C=O) groups excluding carboxylic acids is 2. The standard InChI is InChI=1S/C31H43N3O4/c1-24(35)34-17-9-5-3-4-8-16-33(29-14-18-38-19-15-29)22-28-20-25(12-13-30(28)34)31(36)32-21-26-10-6-7-11-27(26)23-37-2/h6-7,10-13,20,29H,3-5,8-9,14-19,21-23H2,1-2H3,(H,32,36). The van der Waals surface area contributed by atoms with Crippen LogP contribution in [0.4, 0.5) is 5.69 Å². The monoisotopic (exact) mass is 521 g/mol. The Hall–Kier alpha value is -2.74. The smallest absolute Gasteiger partial charge is 0.251 e. The van der Waals surface area contributed by atoms with Crippen molar-refractivity contribution in [3.8, 4) is 0 Å². The molecule has 2 aromatic rings. The lowest BCUT2D eigenvalue weighted by Gasteiger charge is -2.36. The van der Waals surface area contributed by atoms with Crippen LogP contribution in [0, 0.1) is 0 Å². The highest BCUT2D eigenvalue weighted by atomic mass is 16.5. The lowest BCUT2D eigenvalue weighted by molar-refractivity contribution is -0.116. The lowest BCUT2D eigenvalue weighted by Crippen LogP contribution is -2.40. The Balaban J connectivity index is 1.60. The molecule has 0 unspecified atom stereocenters. The predicted molar refractivity (Wildman–Crippen MR) is 150 cm³/mol. The molecular weight excluding hydrogens is 478 g/mol. The molecule has 7 nitrogen and oxygen atoms in total. The molecule has 0 bridgehead atoms. The molecule has 2 aliphatic heterocycles. The van der Waals surface area contributed by atoms with Gasteiger partial charge in [0, 0.05) is 64.2 Å². The summed E-state index contributed by atoms with van der Waals surface area (Å²) in [7, 11) is 1.68. The molecule has 0 atom stereocenters. The van der Waals surface area contributed by atoms with Crippen molar-refractivity contribution >= 4 is 17.5 Å². The van der Waals surface area contributed by atoms with Gasteiger partial charge in [0.25, 0.3) is 5.91 Å². The highest BCUT2D eigenvalue weighted by Gasteiger charge is 2.25.